The van der Waals surface area contributed by atoms with Gasteiger partial charge in [0.15, 0.2) is 0 Å². The van der Waals surface area contributed by atoms with Crippen LogP contribution in [0.15, 0.2) is 41.1 Å². The SMILES string of the molecule is OC(CCc1ccsc1)c1ccccc1F. The lowest BCUT2D eigenvalue weighted by molar-refractivity contribution is 0.163. The second kappa shape index (κ2) is 5.23. The normalized spacial score (nSPS) is 12.6. The minimum Gasteiger partial charge on any atom is -0.388 e. The van der Waals surface area contributed by atoms with Gasteiger partial charge in [0.2, 0.25) is 0 Å². The molecular weight excluding hydrogens is 223 g/mol. The van der Waals surface area contributed by atoms with Gasteiger partial charge in [-0.1, -0.05) is 18.2 Å². The van der Waals surface area contributed by atoms with Crippen LogP contribution < -0.4 is 0 Å². The summed E-state index contributed by atoms with van der Waals surface area (Å²) in [6.07, 6.45) is 0.609. The summed E-state index contributed by atoms with van der Waals surface area (Å²) in [4.78, 5) is 0. The fraction of sp³-hybridized carbons (Fsp3) is 0.231. The van der Waals surface area contributed by atoms with Crippen molar-refractivity contribution in [3.05, 3.63) is 58.0 Å². The topological polar surface area (TPSA) is 20.2 Å². The van der Waals surface area contributed by atoms with Crippen LogP contribution >= 0.6 is 11.3 Å². The second-order valence-electron chi connectivity index (χ2n) is 3.71. The van der Waals surface area contributed by atoms with Gasteiger partial charge in [-0.25, -0.2) is 4.39 Å². The van der Waals surface area contributed by atoms with E-state index in [1.54, 1.807) is 29.5 Å². The van der Waals surface area contributed by atoms with Gasteiger partial charge in [0.05, 0.1) is 6.10 Å². The molecule has 0 aliphatic carbocycles. The minimum absolute atomic E-state index is 0.333. The molecule has 0 amide bonds. The van der Waals surface area contributed by atoms with Crippen molar-refractivity contribution in [2.75, 3.05) is 0 Å². The zero-order valence-electron chi connectivity index (χ0n) is 8.77. The van der Waals surface area contributed by atoms with E-state index in [1.807, 2.05) is 16.8 Å². The number of hydrogen-bond acceptors (Lipinski definition) is 2. The first-order valence-corrected chi connectivity index (χ1v) is 6.15. The van der Waals surface area contributed by atoms with E-state index in [0.29, 0.717) is 12.0 Å². The van der Waals surface area contributed by atoms with Crippen molar-refractivity contribution < 1.29 is 9.50 Å². The molecule has 0 saturated heterocycles. The molecule has 2 rings (SSSR count). The zero-order valence-corrected chi connectivity index (χ0v) is 9.58. The summed E-state index contributed by atoms with van der Waals surface area (Å²) in [6.45, 7) is 0. The van der Waals surface area contributed by atoms with Crippen LogP contribution in [-0.2, 0) is 6.42 Å². The van der Waals surface area contributed by atoms with E-state index in [2.05, 4.69) is 0 Å². The van der Waals surface area contributed by atoms with Crippen molar-refractivity contribution in [3.63, 3.8) is 0 Å². The Morgan fingerprint density at radius 3 is 2.75 bits per heavy atom. The highest BCUT2D eigenvalue weighted by atomic mass is 32.1. The summed E-state index contributed by atoms with van der Waals surface area (Å²) in [5, 5.41) is 13.9. The van der Waals surface area contributed by atoms with Crippen molar-refractivity contribution in [3.8, 4) is 0 Å². The highest BCUT2D eigenvalue weighted by molar-refractivity contribution is 7.07. The molecular formula is C13H13FOS. The molecule has 16 heavy (non-hydrogen) atoms. The van der Waals surface area contributed by atoms with Crippen LogP contribution in [0.1, 0.15) is 23.7 Å². The largest absolute Gasteiger partial charge is 0.388 e. The number of thiophene rings is 1. The lowest BCUT2D eigenvalue weighted by Gasteiger charge is -2.10. The first-order chi connectivity index (χ1) is 7.77. The zero-order chi connectivity index (χ0) is 11.4. The Morgan fingerprint density at radius 2 is 2.06 bits per heavy atom. The van der Waals surface area contributed by atoms with Gasteiger partial charge in [-0.2, -0.15) is 11.3 Å². The Kier molecular flexibility index (Phi) is 3.70. The molecule has 1 aromatic heterocycles. The minimum atomic E-state index is -0.721. The fourth-order valence-electron chi connectivity index (χ4n) is 1.64. The molecule has 0 fully saturated rings. The lowest BCUT2D eigenvalue weighted by Crippen LogP contribution is -2.01. The third-order valence-corrected chi connectivity index (χ3v) is 3.28. The van der Waals surface area contributed by atoms with Crippen molar-refractivity contribution in [1.82, 2.24) is 0 Å². The molecule has 84 valence electrons. The Labute approximate surface area is 98.2 Å². The highest BCUT2D eigenvalue weighted by Gasteiger charge is 2.11. The predicted molar refractivity (Wildman–Crippen MR) is 64.0 cm³/mol. The standard InChI is InChI=1S/C13H13FOS/c14-12-4-2-1-3-11(12)13(15)6-5-10-7-8-16-9-10/h1-4,7-9,13,15H,5-6H2. The first-order valence-electron chi connectivity index (χ1n) is 5.21. The number of benzene rings is 1. The highest BCUT2D eigenvalue weighted by Crippen LogP contribution is 2.22. The Bertz CT molecular complexity index is 439. The third kappa shape index (κ3) is 2.68. The summed E-state index contributed by atoms with van der Waals surface area (Å²) < 4.78 is 13.3. The molecule has 0 radical (unpaired) electrons. The lowest BCUT2D eigenvalue weighted by atomic mass is 10.0. The molecule has 1 aromatic carbocycles. The molecule has 1 nitrogen and oxygen atoms in total. The van der Waals surface area contributed by atoms with Gasteiger partial charge >= 0.3 is 0 Å². The van der Waals surface area contributed by atoms with Crippen molar-refractivity contribution in [2.45, 2.75) is 18.9 Å². The number of rotatable bonds is 4. The van der Waals surface area contributed by atoms with Crippen molar-refractivity contribution in [2.24, 2.45) is 0 Å². The van der Waals surface area contributed by atoms with E-state index in [0.717, 1.165) is 6.42 Å². The Hall–Kier alpha value is -1.19. The number of aliphatic hydroxyl groups is 1. The van der Waals surface area contributed by atoms with E-state index in [9.17, 15) is 9.50 Å². The maximum absolute atomic E-state index is 13.3. The summed E-state index contributed by atoms with van der Waals surface area (Å²) >= 11 is 1.63. The first kappa shape index (κ1) is 11.3. The average molecular weight is 236 g/mol. The van der Waals surface area contributed by atoms with Crippen LogP contribution in [0.2, 0.25) is 0 Å². The van der Waals surface area contributed by atoms with E-state index in [1.165, 1.54) is 11.6 Å². The smallest absolute Gasteiger partial charge is 0.128 e. The maximum atomic E-state index is 13.3. The van der Waals surface area contributed by atoms with E-state index < -0.39 is 6.10 Å². The Morgan fingerprint density at radius 1 is 1.25 bits per heavy atom. The molecule has 2 aromatic rings. The van der Waals surface area contributed by atoms with E-state index in [4.69, 9.17) is 0 Å². The van der Waals surface area contributed by atoms with Gasteiger partial charge in [0.1, 0.15) is 5.82 Å². The van der Waals surface area contributed by atoms with Gasteiger partial charge in [-0.3, -0.25) is 0 Å². The molecule has 0 bridgehead atoms. The van der Waals surface area contributed by atoms with E-state index in [-0.39, 0.29) is 5.82 Å². The summed E-state index contributed by atoms with van der Waals surface area (Å²) in [6, 6.07) is 8.41. The van der Waals surface area contributed by atoms with Gasteiger partial charge in [0.25, 0.3) is 0 Å². The van der Waals surface area contributed by atoms with E-state index >= 15 is 0 Å². The van der Waals surface area contributed by atoms with Crippen LogP contribution in [0.25, 0.3) is 0 Å². The number of aryl methyl sites for hydroxylation is 1. The monoisotopic (exact) mass is 236 g/mol. The summed E-state index contributed by atoms with van der Waals surface area (Å²) in [5.41, 5.74) is 1.58. The fourth-order valence-corrected chi connectivity index (χ4v) is 2.34. The summed E-state index contributed by atoms with van der Waals surface area (Å²) in [7, 11) is 0. The number of halogens is 1. The van der Waals surface area contributed by atoms with Crippen LogP contribution in [0.4, 0.5) is 4.39 Å². The van der Waals surface area contributed by atoms with Crippen molar-refractivity contribution in [1.29, 1.82) is 0 Å². The molecule has 0 aliphatic heterocycles. The predicted octanol–water partition coefficient (Wildman–Crippen LogP) is 3.55. The van der Waals surface area contributed by atoms with Gasteiger partial charge in [-0.15, -0.1) is 0 Å². The van der Waals surface area contributed by atoms with Crippen LogP contribution in [-0.4, -0.2) is 5.11 Å². The molecule has 1 atom stereocenters. The van der Waals surface area contributed by atoms with Crippen molar-refractivity contribution >= 4 is 11.3 Å². The number of aliphatic hydroxyl groups excluding tert-OH is 1. The molecule has 0 spiro atoms. The molecule has 0 aliphatic rings. The van der Waals surface area contributed by atoms with Crippen LogP contribution in [0, 0.1) is 5.82 Å². The quantitative estimate of drug-likeness (QED) is 0.860. The maximum Gasteiger partial charge on any atom is 0.128 e. The van der Waals surface area contributed by atoms with Gasteiger partial charge in [-0.05, 0) is 41.3 Å². The van der Waals surface area contributed by atoms with Gasteiger partial charge < -0.3 is 5.11 Å². The molecule has 1 unspecified atom stereocenters. The summed E-state index contributed by atoms with van der Waals surface area (Å²) in [5.74, 6) is -0.333. The average Bonchev–Trinajstić information content (AvgIpc) is 2.79. The second-order valence-corrected chi connectivity index (χ2v) is 4.49. The molecule has 1 N–H and O–H groups in total. The number of hydrogen-bond donors (Lipinski definition) is 1. The van der Waals surface area contributed by atoms with Crippen LogP contribution in [0.3, 0.4) is 0 Å². The third-order valence-electron chi connectivity index (χ3n) is 2.55. The molecule has 1 heterocycles. The Balaban J connectivity index is 1.98. The van der Waals surface area contributed by atoms with Crippen LogP contribution in [0.5, 0.6) is 0 Å². The van der Waals surface area contributed by atoms with Gasteiger partial charge in [0, 0.05) is 5.56 Å². The molecule has 0 saturated carbocycles. The molecule has 3 heteroatoms.